The Bertz CT molecular complexity index is 427. The molecule has 92 valence electrons. The van der Waals surface area contributed by atoms with Crippen LogP contribution in [0.25, 0.3) is 0 Å². The molecule has 0 spiro atoms. The van der Waals surface area contributed by atoms with Gasteiger partial charge in [0.15, 0.2) is 11.5 Å². The number of methoxy groups -OCH3 is 3. The molecule has 0 radical (unpaired) electrons. The van der Waals surface area contributed by atoms with Gasteiger partial charge in [-0.3, -0.25) is 4.79 Å². The molecule has 0 saturated heterocycles. The van der Waals surface area contributed by atoms with Gasteiger partial charge in [0.05, 0.1) is 27.2 Å². The molecule has 4 nitrogen and oxygen atoms in total. The molecule has 2 unspecified atom stereocenters. The van der Waals surface area contributed by atoms with Crippen LogP contribution in [0.5, 0.6) is 11.5 Å². The van der Waals surface area contributed by atoms with Crippen LogP contribution in [0.3, 0.4) is 0 Å². The van der Waals surface area contributed by atoms with Crippen LogP contribution in [0.15, 0.2) is 18.2 Å². The molecule has 0 aliphatic heterocycles. The van der Waals surface area contributed by atoms with Crippen LogP contribution in [0.4, 0.5) is 0 Å². The summed E-state index contributed by atoms with van der Waals surface area (Å²) in [5.74, 6) is 1.51. The van der Waals surface area contributed by atoms with E-state index in [-0.39, 0.29) is 17.8 Å². The molecule has 2 rings (SSSR count). The van der Waals surface area contributed by atoms with Crippen molar-refractivity contribution in [3.63, 3.8) is 0 Å². The fraction of sp³-hybridized carbons (Fsp3) is 0.462. The van der Waals surface area contributed by atoms with Crippen molar-refractivity contribution in [2.24, 2.45) is 5.92 Å². The summed E-state index contributed by atoms with van der Waals surface area (Å²) in [4.78, 5) is 11.4. The lowest BCUT2D eigenvalue weighted by Crippen LogP contribution is -2.04. The third kappa shape index (κ3) is 2.20. The predicted octanol–water partition coefficient (Wildman–Crippen LogP) is 1.98. The Kier molecular flexibility index (Phi) is 3.22. The second-order valence-corrected chi connectivity index (χ2v) is 4.09. The van der Waals surface area contributed by atoms with E-state index in [0.717, 1.165) is 12.0 Å². The van der Waals surface area contributed by atoms with E-state index < -0.39 is 0 Å². The van der Waals surface area contributed by atoms with E-state index in [4.69, 9.17) is 14.2 Å². The van der Waals surface area contributed by atoms with Crippen molar-refractivity contribution in [2.75, 3.05) is 21.3 Å². The average Bonchev–Trinajstić information content (AvgIpc) is 3.17. The summed E-state index contributed by atoms with van der Waals surface area (Å²) in [6.45, 7) is 0. The Morgan fingerprint density at radius 3 is 2.47 bits per heavy atom. The van der Waals surface area contributed by atoms with E-state index in [9.17, 15) is 4.79 Å². The van der Waals surface area contributed by atoms with Crippen LogP contribution in [0.1, 0.15) is 17.9 Å². The number of esters is 1. The van der Waals surface area contributed by atoms with E-state index in [1.807, 2.05) is 18.2 Å². The fourth-order valence-electron chi connectivity index (χ4n) is 2.06. The molecule has 1 aromatic rings. The van der Waals surface area contributed by atoms with Gasteiger partial charge >= 0.3 is 5.97 Å². The number of carbonyl (C=O) groups excluding carboxylic acids is 1. The Morgan fingerprint density at radius 1 is 1.18 bits per heavy atom. The first-order chi connectivity index (χ1) is 8.21. The minimum absolute atomic E-state index is 0.00176. The van der Waals surface area contributed by atoms with Gasteiger partial charge in [0, 0.05) is 0 Å². The van der Waals surface area contributed by atoms with Crippen LogP contribution in [0, 0.1) is 5.92 Å². The minimum atomic E-state index is -0.134. The number of benzene rings is 1. The normalized spacial score (nSPS) is 21.8. The summed E-state index contributed by atoms with van der Waals surface area (Å²) in [7, 11) is 4.63. The number of hydrogen-bond donors (Lipinski definition) is 0. The highest BCUT2D eigenvalue weighted by Crippen LogP contribution is 2.49. The van der Waals surface area contributed by atoms with Crippen molar-refractivity contribution in [1.82, 2.24) is 0 Å². The van der Waals surface area contributed by atoms with Gasteiger partial charge < -0.3 is 14.2 Å². The fourth-order valence-corrected chi connectivity index (χ4v) is 2.06. The molecule has 1 saturated carbocycles. The Hall–Kier alpha value is -1.71. The number of ether oxygens (including phenoxy) is 3. The Labute approximate surface area is 100 Å². The second-order valence-electron chi connectivity index (χ2n) is 4.09. The molecule has 0 aromatic heterocycles. The highest BCUT2D eigenvalue weighted by atomic mass is 16.5. The predicted molar refractivity (Wildman–Crippen MR) is 62.4 cm³/mol. The van der Waals surface area contributed by atoms with Crippen molar-refractivity contribution in [3.05, 3.63) is 23.8 Å². The topological polar surface area (TPSA) is 44.8 Å². The SMILES string of the molecule is COC(=O)C1CC1c1ccc(OC)c(OC)c1. The van der Waals surface area contributed by atoms with Gasteiger partial charge in [0.2, 0.25) is 0 Å². The molecule has 0 bridgehead atoms. The maximum atomic E-state index is 11.4. The summed E-state index contributed by atoms with van der Waals surface area (Å²) < 4.78 is 15.1. The van der Waals surface area contributed by atoms with Gasteiger partial charge in [0.25, 0.3) is 0 Å². The van der Waals surface area contributed by atoms with Crippen molar-refractivity contribution >= 4 is 5.97 Å². The van der Waals surface area contributed by atoms with Gasteiger partial charge in [-0.25, -0.2) is 0 Å². The number of carbonyl (C=O) groups is 1. The lowest BCUT2D eigenvalue weighted by atomic mass is 10.1. The van der Waals surface area contributed by atoms with Gasteiger partial charge in [0.1, 0.15) is 0 Å². The third-order valence-corrected chi connectivity index (χ3v) is 3.13. The van der Waals surface area contributed by atoms with E-state index in [1.54, 1.807) is 14.2 Å². The number of rotatable bonds is 4. The Morgan fingerprint density at radius 2 is 1.88 bits per heavy atom. The summed E-state index contributed by atoms with van der Waals surface area (Å²) in [5, 5.41) is 0. The lowest BCUT2D eigenvalue weighted by molar-refractivity contribution is -0.142. The van der Waals surface area contributed by atoms with Crippen LogP contribution < -0.4 is 9.47 Å². The van der Waals surface area contributed by atoms with Crippen LogP contribution in [-0.4, -0.2) is 27.3 Å². The maximum absolute atomic E-state index is 11.4. The highest BCUT2D eigenvalue weighted by molar-refractivity contribution is 5.77. The Balaban J connectivity index is 2.16. The molecule has 0 amide bonds. The van der Waals surface area contributed by atoms with E-state index in [1.165, 1.54) is 7.11 Å². The molecule has 2 atom stereocenters. The van der Waals surface area contributed by atoms with E-state index in [2.05, 4.69) is 0 Å². The monoisotopic (exact) mass is 236 g/mol. The maximum Gasteiger partial charge on any atom is 0.309 e. The summed E-state index contributed by atoms with van der Waals surface area (Å²) in [6.07, 6.45) is 0.849. The van der Waals surface area contributed by atoms with E-state index in [0.29, 0.717) is 11.5 Å². The van der Waals surface area contributed by atoms with E-state index >= 15 is 0 Å². The first-order valence-electron chi connectivity index (χ1n) is 5.51. The van der Waals surface area contributed by atoms with Crippen molar-refractivity contribution < 1.29 is 19.0 Å². The van der Waals surface area contributed by atoms with Gasteiger partial charge in [-0.2, -0.15) is 0 Å². The molecule has 0 N–H and O–H groups in total. The first kappa shape index (κ1) is 11.8. The van der Waals surface area contributed by atoms with Crippen molar-refractivity contribution in [2.45, 2.75) is 12.3 Å². The molecule has 17 heavy (non-hydrogen) atoms. The molecule has 1 fully saturated rings. The number of hydrogen-bond acceptors (Lipinski definition) is 4. The zero-order valence-electron chi connectivity index (χ0n) is 10.2. The van der Waals surface area contributed by atoms with Crippen LogP contribution in [-0.2, 0) is 9.53 Å². The lowest BCUT2D eigenvalue weighted by Gasteiger charge is -2.09. The average molecular weight is 236 g/mol. The summed E-state index contributed by atoms with van der Waals surface area (Å²) in [6, 6.07) is 5.75. The van der Waals surface area contributed by atoms with Crippen molar-refractivity contribution in [1.29, 1.82) is 0 Å². The van der Waals surface area contributed by atoms with Gasteiger partial charge in [-0.05, 0) is 30.0 Å². The molecule has 1 aliphatic carbocycles. The zero-order valence-corrected chi connectivity index (χ0v) is 10.2. The molecule has 4 heteroatoms. The summed E-state index contributed by atoms with van der Waals surface area (Å²) in [5.41, 5.74) is 1.10. The summed E-state index contributed by atoms with van der Waals surface area (Å²) >= 11 is 0. The van der Waals surface area contributed by atoms with Crippen molar-refractivity contribution in [3.8, 4) is 11.5 Å². The molecule has 1 aliphatic rings. The van der Waals surface area contributed by atoms with Gasteiger partial charge in [-0.15, -0.1) is 0 Å². The third-order valence-electron chi connectivity index (χ3n) is 3.13. The molecule has 0 heterocycles. The molecular formula is C13H16O4. The standard InChI is InChI=1S/C13H16O4/c1-15-11-5-4-8(6-12(11)16-2)9-7-10(9)13(14)17-3/h4-6,9-10H,7H2,1-3H3. The zero-order chi connectivity index (χ0) is 12.4. The quantitative estimate of drug-likeness (QED) is 0.750. The highest BCUT2D eigenvalue weighted by Gasteiger charge is 2.45. The second kappa shape index (κ2) is 4.65. The molecular weight excluding hydrogens is 220 g/mol. The van der Waals surface area contributed by atoms with Crippen LogP contribution in [0.2, 0.25) is 0 Å². The smallest absolute Gasteiger partial charge is 0.309 e. The minimum Gasteiger partial charge on any atom is -0.493 e. The van der Waals surface area contributed by atoms with Gasteiger partial charge in [-0.1, -0.05) is 6.07 Å². The largest absolute Gasteiger partial charge is 0.493 e. The first-order valence-corrected chi connectivity index (χ1v) is 5.51. The molecule has 1 aromatic carbocycles. The van der Waals surface area contributed by atoms with Crippen LogP contribution >= 0.6 is 0 Å².